The predicted octanol–water partition coefficient (Wildman–Crippen LogP) is 1.35. The van der Waals surface area contributed by atoms with Gasteiger partial charge in [-0.1, -0.05) is 12.1 Å². The highest BCUT2D eigenvalue weighted by molar-refractivity contribution is 6.62. The maximum atomic E-state index is 12.0. The van der Waals surface area contributed by atoms with Crippen molar-refractivity contribution in [2.75, 3.05) is 24.7 Å². The Bertz CT molecular complexity index is 571. The number of anilines is 1. The lowest BCUT2D eigenvalue weighted by Gasteiger charge is -2.32. The van der Waals surface area contributed by atoms with Crippen LogP contribution in [0.15, 0.2) is 24.3 Å². The molecule has 5 nitrogen and oxygen atoms in total. The average molecular weight is 303 g/mol. The normalized spacial score (nSPS) is 23.9. The Kier molecular flexibility index (Phi) is 3.79. The monoisotopic (exact) mass is 303 g/mol. The first kappa shape index (κ1) is 15.5. The molecule has 0 N–H and O–H groups in total. The number of carbonyl (C=O) groups excluding carboxylic acids is 1. The van der Waals surface area contributed by atoms with E-state index in [1.165, 1.54) is 0 Å². The maximum Gasteiger partial charge on any atom is 0.494 e. The van der Waals surface area contributed by atoms with Crippen LogP contribution >= 0.6 is 0 Å². The van der Waals surface area contributed by atoms with Gasteiger partial charge in [0.1, 0.15) is 6.61 Å². The van der Waals surface area contributed by atoms with Gasteiger partial charge in [-0.05, 0) is 45.3 Å². The molecule has 0 aliphatic carbocycles. The minimum Gasteiger partial charge on any atom is -0.399 e. The van der Waals surface area contributed by atoms with Crippen molar-refractivity contribution in [2.24, 2.45) is 0 Å². The molecule has 1 amide bonds. The highest BCUT2D eigenvalue weighted by atomic mass is 16.7. The van der Waals surface area contributed by atoms with Crippen molar-refractivity contribution in [1.29, 1.82) is 0 Å². The first-order valence-corrected chi connectivity index (χ1v) is 7.64. The SMILES string of the molecule is CC1(C)OB(c2cccc(N3CCOCC3=O)c2)OC1(C)C. The quantitative estimate of drug-likeness (QED) is 0.774. The molecule has 2 saturated heterocycles. The molecular formula is C16H22BNO4. The molecule has 1 aromatic carbocycles. The summed E-state index contributed by atoms with van der Waals surface area (Å²) in [6.07, 6.45) is 0. The summed E-state index contributed by atoms with van der Waals surface area (Å²) in [5.74, 6) is -0.0164. The average Bonchev–Trinajstić information content (AvgIpc) is 2.68. The van der Waals surface area contributed by atoms with Crippen LogP contribution in [0, 0.1) is 0 Å². The minimum atomic E-state index is -0.416. The van der Waals surface area contributed by atoms with E-state index in [1.807, 2.05) is 52.0 Å². The van der Waals surface area contributed by atoms with E-state index in [4.69, 9.17) is 14.0 Å². The van der Waals surface area contributed by atoms with E-state index < -0.39 is 7.12 Å². The van der Waals surface area contributed by atoms with Crippen molar-refractivity contribution < 1.29 is 18.8 Å². The third-order valence-corrected chi connectivity index (χ3v) is 4.69. The van der Waals surface area contributed by atoms with Gasteiger partial charge < -0.3 is 18.9 Å². The summed E-state index contributed by atoms with van der Waals surface area (Å²) in [5, 5.41) is 0. The molecule has 0 saturated carbocycles. The zero-order valence-corrected chi connectivity index (χ0v) is 13.6. The van der Waals surface area contributed by atoms with Gasteiger partial charge in [-0.15, -0.1) is 0 Å². The van der Waals surface area contributed by atoms with Gasteiger partial charge in [-0.2, -0.15) is 0 Å². The number of nitrogens with zero attached hydrogens (tertiary/aromatic N) is 1. The molecular weight excluding hydrogens is 281 g/mol. The summed E-state index contributed by atoms with van der Waals surface area (Å²) in [4.78, 5) is 13.7. The fourth-order valence-corrected chi connectivity index (χ4v) is 2.61. The lowest BCUT2D eigenvalue weighted by atomic mass is 9.79. The molecule has 22 heavy (non-hydrogen) atoms. The van der Waals surface area contributed by atoms with Crippen LogP contribution in [0.25, 0.3) is 0 Å². The van der Waals surface area contributed by atoms with Gasteiger partial charge in [-0.3, -0.25) is 4.79 Å². The summed E-state index contributed by atoms with van der Waals surface area (Å²) < 4.78 is 17.3. The van der Waals surface area contributed by atoms with Gasteiger partial charge in [-0.25, -0.2) is 0 Å². The summed E-state index contributed by atoms with van der Waals surface area (Å²) >= 11 is 0. The fourth-order valence-electron chi connectivity index (χ4n) is 2.61. The van der Waals surface area contributed by atoms with Gasteiger partial charge in [0.05, 0.1) is 17.8 Å². The highest BCUT2D eigenvalue weighted by Gasteiger charge is 2.51. The molecule has 1 aromatic rings. The number of carbonyl (C=O) groups is 1. The molecule has 2 aliphatic rings. The van der Waals surface area contributed by atoms with Crippen LogP contribution in [0.3, 0.4) is 0 Å². The van der Waals surface area contributed by atoms with Crippen LogP contribution in [0.4, 0.5) is 5.69 Å². The number of benzene rings is 1. The van der Waals surface area contributed by atoms with E-state index in [-0.39, 0.29) is 23.7 Å². The Morgan fingerprint density at radius 2 is 1.82 bits per heavy atom. The second kappa shape index (κ2) is 5.37. The van der Waals surface area contributed by atoms with Gasteiger partial charge in [0, 0.05) is 12.2 Å². The Labute approximate surface area is 131 Å². The number of amides is 1. The van der Waals surface area contributed by atoms with Crippen LogP contribution in [-0.2, 0) is 18.8 Å². The largest absolute Gasteiger partial charge is 0.494 e. The molecule has 0 spiro atoms. The minimum absolute atomic E-state index is 0.0164. The highest BCUT2D eigenvalue weighted by Crippen LogP contribution is 2.36. The molecule has 0 radical (unpaired) electrons. The van der Waals surface area contributed by atoms with Crippen molar-refractivity contribution in [1.82, 2.24) is 0 Å². The lowest BCUT2D eigenvalue weighted by molar-refractivity contribution is -0.125. The van der Waals surface area contributed by atoms with E-state index in [0.717, 1.165) is 11.2 Å². The van der Waals surface area contributed by atoms with Crippen LogP contribution in [-0.4, -0.2) is 44.0 Å². The van der Waals surface area contributed by atoms with Crippen LogP contribution in [0.5, 0.6) is 0 Å². The van der Waals surface area contributed by atoms with Gasteiger partial charge in [0.15, 0.2) is 0 Å². The third-order valence-electron chi connectivity index (χ3n) is 4.69. The number of hydrogen-bond acceptors (Lipinski definition) is 4. The van der Waals surface area contributed by atoms with Gasteiger partial charge in [0.2, 0.25) is 0 Å². The predicted molar refractivity (Wildman–Crippen MR) is 85.3 cm³/mol. The lowest BCUT2D eigenvalue weighted by Crippen LogP contribution is -2.42. The summed E-state index contributed by atoms with van der Waals surface area (Å²) in [6.45, 7) is 9.40. The summed E-state index contributed by atoms with van der Waals surface area (Å²) in [7, 11) is -0.416. The molecule has 2 aliphatic heterocycles. The fraction of sp³-hybridized carbons (Fsp3) is 0.562. The maximum absolute atomic E-state index is 12.0. The first-order valence-electron chi connectivity index (χ1n) is 7.64. The van der Waals surface area contributed by atoms with E-state index in [9.17, 15) is 4.79 Å². The molecule has 2 heterocycles. The summed E-state index contributed by atoms with van der Waals surface area (Å²) in [6, 6.07) is 7.79. The van der Waals surface area contributed by atoms with Crippen LogP contribution < -0.4 is 10.4 Å². The van der Waals surface area contributed by atoms with Crippen LogP contribution in [0.2, 0.25) is 0 Å². The molecule has 118 valence electrons. The first-order chi connectivity index (χ1) is 10.3. The molecule has 0 bridgehead atoms. The number of ether oxygens (including phenoxy) is 1. The molecule has 0 unspecified atom stereocenters. The topological polar surface area (TPSA) is 48.0 Å². The van der Waals surface area contributed by atoms with Crippen LogP contribution in [0.1, 0.15) is 27.7 Å². The third kappa shape index (κ3) is 2.66. The zero-order valence-electron chi connectivity index (χ0n) is 13.6. The van der Waals surface area contributed by atoms with Crippen molar-refractivity contribution in [2.45, 2.75) is 38.9 Å². The molecule has 6 heteroatoms. The van der Waals surface area contributed by atoms with Crippen molar-refractivity contribution in [3.8, 4) is 0 Å². The molecule has 2 fully saturated rings. The van der Waals surface area contributed by atoms with E-state index in [2.05, 4.69) is 0 Å². The van der Waals surface area contributed by atoms with E-state index >= 15 is 0 Å². The Morgan fingerprint density at radius 3 is 2.45 bits per heavy atom. The molecule has 0 atom stereocenters. The smallest absolute Gasteiger partial charge is 0.399 e. The van der Waals surface area contributed by atoms with E-state index in [1.54, 1.807) is 4.90 Å². The van der Waals surface area contributed by atoms with Crippen molar-refractivity contribution in [3.05, 3.63) is 24.3 Å². The summed E-state index contributed by atoms with van der Waals surface area (Å²) in [5.41, 5.74) is 1.04. The second-order valence-corrected chi connectivity index (χ2v) is 6.78. The standard InChI is InChI=1S/C16H22BNO4/c1-15(2)16(3,4)22-17(21-15)12-6-5-7-13(10-12)18-8-9-20-11-14(18)19/h5-7,10H,8-9,11H2,1-4H3. The number of rotatable bonds is 2. The molecule has 0 aromatic heterocycles. The van der Waals surface area contributed by atoms with E-state index in [0.29, 0.717) is 13.2 Å². The molecule has 3 rings (SSSR count). The Balaban J connectivity index is 1.85. The van der Waals surface area contributed by atoms with Gasteiger partial charge in [0.25, 0.3) is 5.91 Å². The Morgan fingerprint density at radius 1 is 1.14 bits per heavy atom. The Hall–Kier alpha value is -1.37. The van der Waals surface area contributed by atoms with Crippen molar-refractivity contribution >= 4 is 24.2 Å². The zero-order chi connectivity index (χ0) is 16.0. The van der Waals surface area contributed by atoms with Crippen molar-refractivity contribution in [3.63, 3.8) is 0 Å². The van der Waals surface area contributed by atoms with Gasteiger partial charge >= 0.3 is 7.12 Å². The number of hydrogen-bond donors (Lipinski definition) is 0. The second-order valence-electron chi connectivity index (χ2n) is 6.78. The number of morpholine rings is 1.